The smallest absolute Gasteiger partial charge is 0.268 e. The van der Waals surface area contributed by atoms with Crippen LogP contribution in [0.25, 0.3) is 0 Å². The summed E-state index contributed by atoms with van der Waals surface area (Å²) in [7, 11) is 1.62. The van der Waals surface area contributed by atoms with Crippen molar-refractivity contribution in [3.05, 3.63) is 52.4 Å². The van der Waals surface area contributed by atoms with Gasteiger partial charge in [-0.15, -0.1) is 0 Å². The van der Waals surface area contributed by atoms with E-state index in [2.05, 4.69) is 20.6 Å². The van der Waals surface area contributed by atoms with Crippen molar-refractivity contribution >= 4 is 23.2 Å². The summed E-state index contributed by atoms with van der Waals surface area (Å²) in [5.74, 6) is -0.302. The van der Waals surface area contributed by atoms with Crippen LogP contribution < -0.4 is 21.1 Å². The molecule has 30 heavy (non-hydrogen) atoms. The summed E-state index contributed by atoms with van der Waals surface area (Å²) >= 11 is 0. The Kier molecular flexibility index (Phi) is 7.18. The molecule has 0 spiro atoms. The molecule has 2 aromatic rings. The van der Waals surface area contributed by atoms with Crippen molar-refractivity contribution in [2.75, 3.05) is 36.5 Å². The minimum absolute atomic E-state index is 0.0571. The van der Waals surface area contributed by atoms with Crippen molar-refractivity contribution in [3.63, 3.8) is 0 Å². The molecule has 0 unspecified atom stereocenters. The molecule has 2 heterocycles. The number of rotatable bonds is 7. The second-order valence-electron chi connectivity index (χ2n) is 7.14. The number of hydrogen-bond donors (Lipinski definition) is 2. The number of hydrogen-bond acceptors (Lipinski definition) is 6. The van der Waals surface area contributed by atoms with Crippen molar-refractivity contribution in [1.29, 1.82) is 0 Å². The molecular weight excluding hydrogens is 386 g/mol. The number of morpholine rings is 1. The van der Waals surface area contributed by atoms with Crippen LogP contribution in [-0.2, 0) is 16.6 Å². The number of anilines is 2. The predicted molar refractivity (Wildman–Crippen MR) is 114 cm³/mol. The first-order chi connectivity index (χ1) is 14.5. The van der Waals surface area contributed by atoms with Crippen LogP contribution in [0.3, 0.4) is 0 Å². The number of aromatic nitrogens is 2. The quantitative estimate of drug-likeness (QED) is 0.706. The molecule has 1 saturated heterocycles. The average Bonchev–Trinajstić information content (AvgIpc) is 2.76. The number of amides is 2. The molecule has 1 fully saturated rings. The Morgan fingerprint density at radius 3 is 2.90 bits per heavy atom. The van der Waals surface area contributed by atoms with Gasteiger partial charge in [0.15, 0.2) is 0 Å². The van der Waals surface area contributed by atoms with E-state index in [0.29, 0.717) is 50.3 Å². The lowest BCUT2D eigenvalue weighted by Gasteiger charge is -2.34. The molecule has 1 aliphatic heterocycles. The Morgan fingerprint density at radius 2 is 2.13 bits per heavy atom. The normalized spacial score (nSPS) is 16.2. The van der Waals surface area contributed by atoms with E-state index < -0.39 is 0 Å². The maximum Gasteiger partial charge on any atom is 0.268 e. The summed E-state index contributed by atoms with van der Waals surface area (Å²) in [6.45, 7) is 4.09. The molecule has 0 saturated carbocycles. The molecule has 1 aromatic carbocycles. The molecule has 3 rings (SSSR count). The predicted octanol–water partition coefficient (Wildman–Crippen LogP) is 1.15. The zero-order valence-corrected chi connectivity index (χ0v) is 17.3. The summed E-state index contributed by atoms with van der Waals surface area (Å²) in [4.78, 5) is 37.8. The first-order valence-electron chi connectivity index (χ1n) is 10.0. The van der Waals surface area contributed by atoms with Crippen LogP contribution in [0.15, 0.2) is 41.3 Å². The van der Waals surface area contributed by atoms with Crippen molar-refractivity contribution in [2.24, 2.45) is 7.05 Å². The topological polar surface area (TPSA) is 106 Å². The minimum atomic E-state index is -0.203. The molecule has 9 heteroatoms. The SMILES string of the molecule is CCC(=O)Nc1cccc(C(=O)NCC[C@@H]2CN(c3cnn(C)c(=O)c3)CCO2)c1. The number of nitrogens with one attached hydrogen (secondary N) is 2. The largest absolute Gasteiger partial charge is 0.374 e. The van der Waals surface area contributed by atoms with Gasteiger partial charge in [-0.05, 0) is 24.6 Å². The van der Waals surface area contributed by atoms with Gasteiger partial charge in [0.05, 0.1) is 24.6 Å². The lowest BCUT2D eigenvalue weighted by molar-refractivity contribution is -0.115. The van der Waals surface area contributed by atoms with Gasteiger partial charge in [-0.3, -0.25) is 14.4 Å². The molecule has 9 nitrogen and oxygen atoms in total. The first kappa shape index (κ1) is 21.5. The molecular formula is C21H27N5O4. The van der Waals surface area contributed by atoms with Crippen LogP contribution in [0, 0.1) is 0 Å². The maximum atomic E-state index is 12.4. The van der Waals surface area contributed by atoms with Gasteiger partial charge in [-0.1, -0.05) is 13.0 Å². The van der Waals surface area contributed by atoms with Crippen molar-refractivity contribution in [2.45, 2.75) is 25.9 Å². The van der Waals surface area contributed by atoms with E-state index in [-0.39, 0.29) is 23.5 Å². The summed E-state index contributed by atoms with van der Waals surface area (Å²) < 4.78 is 7.09. The van der Waals surface area contributed by atoms with Crippen LogP contribution in [0.5, 0.6) is 0 Å². The highest BCUT2D eigenvalue weighted by atomic mass is 16.5. The number of ether oxygens (including phenoxy) is 1. The number of carbonyl (C=O) groups is 2. The van der Waals surface area contributed by atoms with Gasteiger partial charge in [-0.25, -0.2) is 4.68 Å². The summed E-state index contributed by atoms with van der Waals surface area (Å²) in [6.07, 6.45) is 2.64. The van der Waals surface area contributed by atoms with E-state index in [1.165, 1.54) is 4.68 Å². The zero-order chi connectivity index (χ0) is 21.5. The third kappa shape index (κ3) is 5.66. The fraction of sp³-hybridized carbons (Fsp3) is 0.429. The van der Waals surface area contributed by atoms with E-state index in [4.69, 9.17) is 4.74 Å². The Balaban J connectivity index is 1.50. The molecule has 2 amide bonds. The Bertz CT molecular complexity index is 958. The molecule has 0 aliphatic carbocycles. The molecule has 1 atom stereocenters. The Morgan fingerprint density at radius 1 is 1.30 bits per heavy atom. The Hall–Kier alpha value is -3.20. The first-order valence-corrected chi connectivity index (χ1v) is 10.0. The molecule has 160 valence electrons. The van der Waals surface area contributed by atoms with E-state index in [1.807, 2.05) is 0 Å². The summed E-state index contributed by atoms with van der Waals surface area (Å²) in [5, 5.41) is 9.71. The molecule has 0 bridgehead atoms. The third-order valence-corrected chi connectivity index (χ3v) is 4.94. The third-order valence-electron chi connectivity index (χ3n) is 4.94. The lowest BCUT2D eigenvalue weighted by Crippen LogP contribution is -2.44. The van der Waals surface area contributed by atoms with Crippen molar-refractivity contribution < 1.29 is 14.3 Å². The zero-order valence-electron chi connectivity index (χ0n) is 17.3. The van der Waals surface area contributed by atoms with E-state index in [9.17, 15) is 14.4 Å². The van der Waals surface area contributed by atoms with Crippen LogP contribution in [-0.4, -0.2) is 53.9 Å². The number of aryl methyl sites for hydroxylation is 1. The fourth-order valence-corrected chi connectivity index (χ4v) is 3.20. The van der Waals surface area contributed by atoms with Gasteiger partial charge in [0.2, 0.25) is 5.91 Å². The van der Waals surface area contributed by atoms with Crippen molar-refractivity contribution in [1.82, 2.24) is 15.1 Å². The standard InChI is InChI=1S/C21H27N5O4/c1-3-19(27)24-16-6-4-5-15(11-16)21(29)22-8-7-18-14-26(9-10-30-18)17-12-20(28)25(2)23-13-17/h4-6,11-13,18H,3,7-10,14H2,1-2H3,(H,22,29)(H,24,27)/t18-/m1/s1. The highest BCUT2D eigenvalue weighted by Gasteiger charge is 2.21. The average molecular weight is 413 g/mol. The highest BCUT2D eigenvalue weighted by Crippen LogP contribution is 2.16. The van der Waals surface area contributed by atoms with Crippen LogP contribution in [0.4, 0.5) is 11.4 Å². The van der Waals surface area contributed by atoms with Crippen LogP contribution in [0.2, 0.25) is 0 Å². The van der Waals surface area contributed by atoms with Gasteiger partial charge in [0.25, 0.3) is 11.5 Å². The molecule has 0 radical (unpaired) electrons. The van der Waals surface area contributed by atoms with Crippen molar-refractivity contribution in [3.8, 4) is 0 Å². The molecule has 2 N–H and O–H groups in total. The molecule has 1 aliphatic rings. The van der Waals surface area contributed by atoms with Gasteiger partial charge in [-0.2, -0.15) is 5.10 Å². The number of benzene rings is 1. The Labute approximate surface area is 175 Å². The number of carbonyl (C=O) groups excluding carboxylic acids is 2. The van der Waals surface area contributed by atoms with Gasteiger partial charge in [0, 0.05) is 50.4 Å². The van der Waals surface area contributed by atoms with Gasteiger partial charge >= 0.3 is 0 Å². The highest BCUT2D eigenvalue weighted by molar-refractivity contribution is 5.97. The maximum absolute atomic E-state index is 12.4. The second kappa shape index (κ2) is 10.0. The van der Waals surface area contributed by atoms with E-state index in [1.54, 1.807) is 50.5 Å². The van der Waals surface area contributed by atoms with Crippen LogP contribution in [0.1, 0.15) is 30.1 Å². The lowest BCUT2D eigenvalue weighted by atomic mass is 10.1. The molecule has 1 aromatic heterocycles. The van der Waals surface area contributed by atoms with E-state index in [0.717, 1.165) is 5.69 Å². The van der Waals surface area contributed by atoms with E-state index >= 15 is 0 Å². The summed E-state index contributed by atoms with van der Waals surface area (Å²) in [6, 6.07) is 8.42. The van der Waals surface area contributed by atoms with Crippen LogP contribution >= 0.6 is 0 Å². The van der Waals surface area contributed by atoms with Gasteiger partial charge < -0.3 is 20.3 Å². The number of nitrogens with zero attached hydrogens (tertiary/aromatic N) is 3. The monoisotopic (exact) mass is 413 g/mol. The minimum Gasteiger partial charge on any atom is -0.374 e. The second-order valence-corrected chi connectivity index (χ2v) is 7.14. The fourth-order valence-electron chi connectivity index (χ4n) is 3.20. The summed E-state index contributed by atoms with van der Waals surface area (Å²) in [5.41, 5.74) is 1.71. The van der Waals surface area contributed by atoms with Gasteiger partial charge in [0.1, 0.15) is 0 Å².